The van der Waals surface area contributed by atoms with Crippen molar-refractivity contribution >= 4 is 23.3 Å². The summed E-state index contributed by atoms with van der Waals surface area (Å²) in [6.07, 6.45) is 1.66. The molecule has 8 heteroatoms. The van der Waals surface area contributed by atoms with E-state index in [9.17, 15) is 9.59 Å². The molecule has 0 spiro atoms. The molecule has 0 fully saturated rings. The van der Waals surface area contributed by atoms with Crippen LogP contribution in [0.25, 0.3) is 0 Å². The van der Waals surface area contributed by atoms with E-state index in [0.717, 1.165) is 24.2 Å². The van der Waals surface area contributed by atoms with Crippen LogP contribution in [-0.2, 0) is 16.0 Å². The van der Waals surface area contributed by atoms with E-state index in [1.54, 1.807) is 18.4 Å². The highest BCUT2D eigenvalue weighted by atomic mass is 32.1. The van der Waals surface area contributed by atoms with E-state index in [-0.39, 0.29) is 24.5 Å². The minimum atomic E-state index is -0.238. The molecule has 2 heterocycles. The van der Waals surface area contributed by atoms with Crippen molar-refractivity contribution in [3.8, 4) is 5.75 Å². The van der Waals surface area contributed by atoms with Crippen LogP contribution in [0.5, 0.6) is 5.75 Å². The van der Waals surface area contributed by atoms with Crippen LogP contribution in [0.2, 0.25) is 0 Å². The first-order valence-corrected chi connectivity index (χ1v) is 11.6. The number of thiophene rings is 1. The van der Waals surface area contributed by atoms with E-state index < -0.39 is 0 Å². The fourth-order valence-electron chi connectivity index (χ4n) is 3.62. The van der Waals surface area contributed by atoms with Crippen molar-refractivity contribution in [2.45, 2.75) is 25.8 Å². The molecule has 3 rings (SSSR count). The first kappa shape index (κ1) is 23.1. The smallest absolute Gasteiger partial charge is 0.317 e. The molecule has 1 aromatic heterocycles. The molecule has 3 amide bonds. The molecular weight excluding hydrogens is 414 g/mol. The van der Waals surface area contributed by atoms with Gasteiger partial charge in [-0.2, -0.15) is 0 Å². The minimum Gasteiger partial charge on any atom is -0.491 e. The standard InChI is InChI=1S/C23H31N3O4S/c1-3-11-24-23(28)25(13-14-29-2)16-22(27)26-12-9-21-19(10-15-31-21)20(26)17-30-18-7-5-4-6-8-18/h4-8,10,15,20H,3,9,11-14,16-17H2,1-2H3,(H,24,28)/t20-/m1/s1. The summed E-state index contributed by atoms with van der Waals surface area (Å²) in [5.41, 5.74) is 1.14. The van der Waals surface area contributed by atoms with Gasteiger partial charge in [-0.3, -0.25) is 4.79 Å². The quantitative estimate of drug-likeness (QED) is 0.609. The number of nitrogens with zero attached hydrogens (tertiary/aromatic N) is 2. The maximum atomic E-state index is 13.3. The number of para-hydroxylation sites is 1. The van der Waals surface area contributed by atoms with Crippen LogP contribution in [0, 0.1) is 0 Å². The molecule has 0 saturated carbocycles. The summed E-state index contributed by atoms with van der Waals surface area (Å²) in [5, 5.41) is 4.92. The number of carbonyl (C=O) groups is 2. The first-order valence-electron chi connectivity index (χ1n) is 10.7. The lowest BCUT2D eigenvalue weighted by Crippen LogP contribution is -2.50. The van der Waals surface area contributed by atoms with Crippen LogP contribution in [0.1, 0.15) is 29.8 Å². The second kappa shape index (κ2) is 11.7. The number of benzene rings is 1. The number of ether oxygens (including phenoxy) is 2. The second-order valence-corrected chi connectivity index (χ2v) is 8.42. The van der Waals surface area contributed by atoms with Crippen molar-refractivity contribution in [3.63, 3.8) is 0 Å². The molecule has 1 aliphatic heterocycles. The topological polar surface area (TPSA) is 71.1 Å². The van der Waals surface area contributed by atoms with Gasteiger partial charge in [0.25, 0.3) is 0 Å². The molecule has 1 atom stereocenters. The van der Waals surface area contributed by atoms with Gasteiger partial charge in [-0.05, 0) is 42.0 Å². The Hall–Kier alpha value is -2.58. The third-order valence-corrected chi connectivity index (χ3v) is 6.27. The highest BCUT2D eigenvalue weighted by molar-refractivity contribution is 7.10. The van der Waals surface area contributed by atoms with Crippen LogP contribution in [0.15, 0.2) is 41.8 Å². The number of rotatable bonds is 10. The molecule has 0 bridgehead atoms. The molecule has 2 aromatic rings. The van der Waals surface area contributed by atoms with Crippen LogP contribution in [0.3, 0.4) is 0 Å². The van der Waals surface area contributed by atoms with Crippen LogP contribution >= 0.6 is 11.3 Å². The highest BCUT2D eigenvalue weighted by Gasteiger charge is 2.33. The minimum absolute atomic E-state index is 0.0141. The molecule has 0 radical (unpaired) electrons. The maximum Gasteiger partial charge on any atom is 0.317 e. The average molecular weight is 446 g/mol. The van der Waals surface area contributed by atoms with Crippen molar-refractivity contribution in [1.29, 1.82) is 0 Å². The number of carbonyl (C=O) groups excluding carboxylic acids is 2. The van der Waals surface area contributed by atoms with Gasteiger partial charge >= 0.3 is 6.03 Å². The predicted octanol–water partition coefficient (Wildman–Crippen LogP) is 3.32. The maximum absolute atomic E-state index is 13.3. The van der Waals surface area contributed by atoms with Crippen LogP contribution < -0.4 is 10.1 Å². The fraction of sp³-hybridized carbons (Fsp3) is 0.478. The number of hydrogen-bond acceptors (Lipinski definition) is 5. The molecule has 7 nitrogen and oxygen atoms in total. The Morgan fingerprint density at radius 2 is 2.06 bits per heavy atom. The van der Waals surface area contributed by atoms with Gasteiger partial charge in [0.05, 0.1) is 12.6 Å². The Labute approximate surface area is 187 Å². The number of hydrogen-bond donors (Lipinski definition) is 1. The van der Waals surface area contributed by atoms with Crippen molar-refractivity contribution in [1.82, 2.24) is 15.1 Å². The monoisotopic (exact) mass is 445 g/mol. The molecule has 0 unspecified atom stereocenters. The molecule has 31 heavy (non-hydrogen) atoms. The molecule has 1 aromatic carbocycles. The summed E-state index contributed by atoms with van der Waals surface area (Å²) in [6, 6.07) is 11.3. The van der Waals surface area contributed by atoms with Gasteiger partial charge in [0.2, 0.25) is 5.91 Å². The summed E-state index contributed by atoms with van der Waals surface area (Å²) in [4.78, 5) is 30.5. The Morgan fingerprint density at radius 1 is 1.26 bits per heavy atom. The zero-order valence-electron chi connectivity index (χ0n) is 18.2. The van der Waals surface area contributed by atoms with Gasteiger partial charge in [-0.15, -0.1) is 11.3 Å². The Bertz CT molecular complexity index is 842. The SMILES string of the molecule is CCCNC(=O)N(CCOC)CC(=O)N1CCc2sccc2[C@H]1COc1ccccc1. The van der Waals surface area contributed by atoms with E-state index in [2.05, 4.69) is 16.8 Å². The average Bonchev–Trinajstić information content (AvgIpc) is 3.28. The van der Waals surface area contributed by atoms with Crippen LogP contribution in [-0.4, -0.2) is 68.2 Å². The number of amides is 3. The van der Waals surface area contributed by atoms with Gasteiger partial charge in [0.1, 0.15) is 18.9 Å². The number of fused-ring (bicyclic) bond motifs is 1. The summed E-state index contributed by atoms with van der Waals surface area (Å²) in [7, 11) is 1.59. The Balaban J connectivity index is 1.72. The molecule has 1 N–H and O–H groups in total. The largest absolute Gasteiger partial charge is 0.491 e. The highest BCUT2D eigenvalue weighted by Crippen LogP contribution is 2.34. The van der Waals surface area contributed by atoms with Gasteiger partial charge < -0.3 is 24.6 Å². The van der Waals surface area contributed by atoms with E-state index >= 15 is 0 Å². The van der Waals surface area contributed by atoms with Crippen molar-refractivity contribution in [2.75, 3.05) is 46.5 Å². The van der Waals surface area contributed by atoms with E-state index in [0.29, 0.717) is 32.8 Å². The van der Waals surface area contributed by atoms with Crippen molar-refractivity contribution in [2.24, 2.45) is 0 Å². The van der Waals surface area contributed by atoms with Crippen molar-refractivity contribution in [3.05, 3.63) is 52.2 Å². The predicted molar refractivity (Wildman–Crippen MR) is 122 cm³/mol. The first-order chi connectivity index (χ1) is 15.1. The molecular formula is C23H31N3O4S. The van der Waals surface area contributed by atoms with E-state index in [1.807, 2.05) is 42.2 Å². The zero-order chi connectivity index (χ0) is 22.1. The molecule has 168 valence electrons. The van der Waals surface area contributed by atoms with Gasteiger partial charge in [0.15, 0.2) is 0 Å². The summed E-state index contributed by atoms with van der Waals surface area (Å²) in [6.45, 7) is 4.31. The Kier molecular flexibility index (Phi) is 8.73. The third kappa shape index (κ3) is 6.21. The Morgan fingerprint density at radius 3 is 2.81 bits per heavy atom. The molecule has 0 saturated heterocycles. The van der Waals surface area contributed by atoms with Gasteiger partial charge in [-0.25, -0.2) is 4.79 Å². The van der Waals surface area contributed by atoms with E-state index in [1.165, 1.54) is 9.78 Å². The number of urea groups is 1. The summed E-state index contributed by atoms with van der Waals surface area (Å²) in [5.74, 6) is 0.694. The van der Waals surface area contributed by atoms with Crippen LogP contribution in [0.4, 0.5) is 4.79 Å². The molecule has 1 aliphatic rings. The second-order valence-electron chi connectivity index (χ2n) is 7.42. The summed E-state index contributed by atoms with van der Waals surface area (Å²) >= 11 is 1.72. The van der Waals surface area contributed by atoms with Gasteiger partial charge in [0, 0.05) is 31.6 Å². The van der Waals surface area contributed by atoms with Gasteiger partial charge in [-0.1, -0.05) is 25.1 Å². The number of nitrogens with one attached hydrogen (secondary N) is 1. The third-order valence-electron chi connectivity index (χ3n) is 5.27. The lowest BCUT2D eigenvalue weighted by atomic mass is 10.0. The zero-order valence-corrected chi connectivity index (χ0v) is 19.0. The lowest BCUT2D eigenvalue weighted by Gasteiger charge is -2.37. The number of methoxy groups -OCH3 is 1. The normalized spacial score (nSPS) is 15.3. The van der Waals surface area contributed by atoms with E-state index in [4.69, 9.17) is 9.47 Å². The molecule has 0 aliphatic carbocycles. The fourth-order valence-corrected chi connectivity index (χ4v) is 4.55. The lowest BCUT2D eigenvalue weighted by molar-refractivity contribution is -0.135. The summed E-state index contributed by atoms with van der Waals surface area (Å²) < 4.78 is 11.2. The van der Waals surface area contributed by atoms with Crippen molar-refractivity contribution < 1.29 is 19.1 Å².